The van der Waals surface area contributed by atoms with Gasteiger partial charge < -0.3 is 16.6 Å². The van der Waals surface area contributed by atoms with Crippen LogP contribution < -0.4 is 11.5 Å². The lowest BCUT2D eigenvalue weighted by Crippen LogP contribution is -2.34. The molecule has 15 heavy (non-hydrogen) atoms. The van der Waals surface area contributed by atoms with Crippen LogP contribution in [-0.2, 0) is 12.1 Å². The molecule has 84 valence electrons. The van der Waals surface area contributed by atoms with Gasteiger partial charge in [-0.3, -0.25) is 0 Å². The molecule has 0 aliphatic heterocycles. The molecule has 0 bridgehead atoms. The Labute approximate surface area is 95.0 Å². The molecule has 0 amide bonds. The van der Waals surface area contributed by atoms with Crippen molar-refractivity contribution in [3.63, 3.8) is 0 Å². The summed E-state index contributed by atoms with van der Waals surface area (Å²) < 4.78 is 0. The van der Waals surface area contributed by atoms with Crippen LogP contribution in [0.3, 0.4) is 0 Å². The predicted molar refractivity (Wildman–Crippen MR) is 63.6 cm³/mol. The molecule has 1 aromatic rings. The first-order chi connectivity index (χ1) is 6.94. The number of benzene rings is 1. The lowest BCUT2D eigenvalue weighted by atomic mass is 9.86. The number of nitrogens with two attached hydrogens (primary N) is 2. The van der Waals surface area contributed by atoms with Crippen molar-refractivity contribution in [2.75, 3.05) is 5.73 Å². The molecule has 0 spiro atoms. The summed E-state index contributed by atoms with van der Waals surface area (Å²) in [6.07, 6.45) is 0.727. The van der Waals surface area contributed by atoms with Gasteiger partial charge in [0.1, 0.15) is 0 Å². The second-order valence-corrected chi connectivity index (χ2v) is 4.33. The largest absolute Gasteiger partial charge is 0.397 e. The molecule has 0 saturated carbocycles. The summed E-state index contributed by atoms with van der Waals surface area (Å²) in [6.45, 7) is 3.78. The molecule has 1 rings (SSSR count). The van der Waals surface area contributed by atoms with E-state index in [2.05, 4.69) is 0 Å². The molecule has 3 nitrogen and oxygen atoms in total. The van der Waals surface area contributed by atoms with Crippen molar-refractivity contribution < 1.29 is 5.11 Å². The van der Waals surface area contributed by atoms with Crippen molar-refractivity contribution in [3.05, 3.63) is 28.3 Å². The van der Waals surface area contributed by atoms with Crippen molar-refractivity contribution in [1.82, 2.24) is 0 Å². The Morgan fingerprint density at radius 2 is 2.07 bits per heavy atom. The quantitative estimate of drug-likeness (QED) is 0.693. The smallest absolute Gasteiger partial charge is 0.0686 e. The Hall–Kier alpha value is -0.770. The molecule has 0 radical (unpaired) electrons. The maximum Gasteiger partial charge on any atom is 0.0686 e. The third kappa shape index (κ3) is 2.25. The van der Waals surface area contributed by atoms with Gasteiger partial charge in [0.05, 0.1) is 17.3 Å². The molecule has 1 unspecified atom stereocenters. The van der Waals surface area contributed by atoms with E-state index in [0.717, 1.165) is 17.5 Å². The van der Waals surface area contributed by atoms with Crippen LogP contribution in [0.2, 0.25) is 5.02 Å². The van der Waals surface area contributed by atoms with Gasteiger partial charge in [0.25, 0.3) is 0 Å². The van der Waals surface area contributed by atoms with E-state index in [1.165, 1.54) is 0 Å². The minimum atomic E-state index is -0.562. The van der Waals surface area contributed by atoms with E-state index in [0.29, 0.717) is 10.7 Å². The fourth-order valence-corrected chi connectivity index (χ4v) is 1.78. The lowest BCUT2D eigenvalue weighted by Gasteiger charge is -2.28. The van der Waals surface area contributed by atoms with Crippen molar-refractivity contribution in [2.24, 2.45) is 5.73 Å². The fourth-order valence-electron chi connectivity index (χ4n) is 1.62. The van der Waals surface area contributed by atoms with E-state index in [-0.39, 0.29) is 6.61 Å². The van der Waals surface area contributed by atoms with Crippen LogP contribution in [-0.4, -0.2) is 5.11 Å². The number of halogens is 1. The number of aliphatic hydroxyl groups excluding tert-OH is 1. The average Bonchev–Trinajstić information content (AvgIpc) is 2.21. The van der Waals surface area contributed by atoms with Crippen LogP contribution in [0.5, 0.6) is 0 Å². The molecule has 4 heteroatoms. The molecule has 0 saturated heterocycles. The van der Waals surface area contributed by atoms with Crippen molar-refractivity contribution in [1.29, 1.82) is 0 Å². The molecule has 1 aromatic carbocycles. The zero-order valence-corrected chi connectivity index (χ0v) is 9.80. The summed E-state index contributed by atoms with van der Waals surface area (Å²) >= 11 is 5.94. The van der Waals surface area contributed by atoms with Crippen LogP contribution in [0.1, 0.15) is 31.4 Å². The highest BCUT2D eigenvalue weighted by Gasteiger charge is 2.25. The topological polar surface area (TPSA) is 72.3 Å². The molecular weight excluding hydrogens is 212 g/mol. The number of anilines is 1. The third-order valence-corrected chi connectivity index (χ3v) is 3.08. The summed E-state index contributed by atoms with van der Waals surface area (Å²) in [5.74, 6) is 0. The number of rotatable bonds is 3. The van der Waals surface area contributed by atoms with E-state index < -0.39 is 5.54 Å². The van der Waals surface area contributed by atoms with Crippen molar-refractivity contribution in [3.8, 4) is 0 Å². The molecule has 0 aromatic heterocycles. The van der Waals surface area contributed by atoms with Gasteiger partial charge in [-0.05, 0) is 25.0 Å². The van der Waals surface area contributed by atoms with E-state index in [9.17, 15) is 5.11 Å². The Kier molecular flexibility index (Phi) is 3.60. The van der Waals surface area contributed by atoms with Crippen LogP contribution in [0.15, 0.2) is 12.1 Å². The second-order valence-electron chi connectivity index (χ2n) is 3.92. The SMILES string of the molecule is CCC(C)(N)c1c(CO)ccc(Cl)c1N. The number of aliphatic hydroxyl groups is 1. The Morgan fingerprint density at radius 1 is 1.47 bits per heavy atom. The molecule has 5 N–H and O–H groups in total. The fraction of sp³-hybridized carbons (Fsp3) is 0.455. The van der Waals surface area contributed by atoms with Crippen LogP contribution in [0.25, 0.3) is 0 Å². The Morgan fingerprint density at radius 3 is 2.53 bits per heavy atom. The van der Waals surface area contributed by atoms with Crippen LogP contribution >= 0.6 is 11.6 Å². The Bertz CT molecular complexity index is 364. The summed E-state index contributed by atoms with van der Waals surface area (Å²) in [6, 6.07) is 3.44. The first-order valence-electron chi connectivity index (χ1n) is 4.91. The van der Waals surface area contributed by atoms with Gasteiger partial charge in [-0.2, -0.15) is 0 Å². The van der Waals surface area contributed by atoms with Gasteiger partial charge in [-0.25, -0.2) is 0 Å². The van der Waals surface area contributed by atoms with Crippen molar-refractivity contribution in [2.45, 2.75) is 32.4 Å². The number of nitrogen functional groups attached to an aromatic ring is 1. The van der Waals surface area contributed by atoms with E-state index >= 15 is 0 Å². The molecule has 0 heterocycles. The van der Waals surface area contributed by atoms with Crippen LogP contribution in [0, 0.1) is 0 Å². The first-order valence-corrected chi connectivity index (χ1v) is 5.29. The zero-order valence-electron chi connectivity index (χ0n) is 9.05. The van der Waals surface area contributed by atoms with Gasteiger partial charge in [-0.1, -0.05) is 24.6 Å². The van der Waals surface area contributed by atoms with Crippen LogP contribution in [0.4, 0.5) is 5.69 Å². The van der Waals surface area contributed by atoms with Gasteiger partial charge >= 0.3 is 0 Å². The van der Waals surface area contributed by atoms with E-state index in [1.807, 2.05) is 13.8 Å². The first kappa shape index (κ1) is 12.3. The third-order valence-electron chi connectivity index (χ3n) is 2.75. The minimum Gasteiger partial charge on any atom is -0.397 e. The highest BCUT2D eigenvalue weighted by molar-refractivity contribution is 6.33. The van der Waals surface area contributed by atoms with E-state index in [1.54, 1.807) is 12.1 Å². The molecule has 1 atom stereocenters. The maximum absolute atomic E-state index is 9.24. The molecule has 0 aliphatic carbocycles. The minimum absolute atomic E-state index is 0.0799. The normalized spacial score (nSPS) is 15.0. The van der Waals surface area contributed by atoms with Crippen molar-refractivity contribution >= 4 is 17.3 Å². The van der Waals surface area contributed by atoms with Gasteiger partial charge in [0, 0.05) is 11.1 Å². The predicted octanol–water partition coefficient (Wildman–Crippen LogP) is 2.00. The number of hydrogen-bond donors (Lipinski definition) is 3. The van der Waals surface area contributed by atoms with Gasteiger partial charge in [0.15, 0.2) is 0 Å². The second kappa shape index (κ2) is 4.39. The molecule has 0 aliphatic rings. The highest BCUT2D eigenvalue weighted by atomic mass is 35.5. The summed E-state index contributed by atoms with van der Waals surface area (Å²) in [7, 11) is 0. The summed E-state index contributed by atoms with van der Waals surface area (Å²) in [4.78, 5) is 0. The molecule has 0 fully saturated rings. The summed E-state index contributed by atoms with van der Waals surface area (Å²) in [5.41, 5.74) is 13.4. The van der Waals surface area contributed by atoms with E-state index in [4.69, 9.17) is 23.1 Å². The summed E-state index contributed by atoms with van der Waals surface area (Å²) in [5, 5.41) is 9.72. The average molecular weight is 229 g/mol. The lowest BCUT2D eigenvalue weighted by molar-refractivity contribution is 0.277. The maximum atomic E-state index is 9.24. The standard InChI is InChI=1S/C11H17ClN2O/c1-3-11(2,14)9-7(6-15)4-5-8(12)10(9)13/h4-5,15H,3,6,13-14H2,1-2H3. The monoisotopic (exact) mass is 228 g/mol. The van der Waals surface area contributed by atoms with Gasteiger partial charge in [-0.15, -0.1) is 0 Å². The number of hydrogen-bond acceptors (Lipinski definition) is 3. The van der Waals surface area contributed by atoms with Gasteiger partial charge in [0.2, 0.25) is 0 Å². The Balaban J connectivity index is 3.42. The highest BCUT2D eigenvalue weighted by Crippen LogP contribution is 2.34. The molecular formula is C11H17ClN2O. The zero-order chi connectivity index (χ0) is 11.6.